The second-order valence-corrected chi connectivity index (χ2v) is 4.74. The smallest absolute Gasteiger partial charge is 0.340 e. The molecule has 0 aliphatic heterocycles. The van der Waals surface area contributed by atoms with Crippen LogP contribution in [0.15, 0.2) is 66.7 Å². The van der Waals surface area contributed by atoms with Crippen LogP contribution in [0.5, 0.6) is 5.75 Å². The molecule has 104 valence electrons. The number of fused-ring (bicyclic) bond motifs is 1. The number of benzene rings is 3. The maximum atomic E-state index is 11.6. The molecule has 0 aliphatic rings. The fraction of sp³-hybridized carbons (Fsp3) is 0.0556. The van der Waals surface area contributed by atoms with Crippen molar-refractivity contribution in [3.05, 3.63) is 77.9 Å². The SMILES string of the molecule is O=C(O)c1c(OCc2ccccc2)ccc2ccccc12. The maximum absolute atomic E-state index is 11.6. The normalized spacial score (nSPS) is 10.5. The first-order valence-electron chi connectivity index (χ1n) is 6.67. The van der Waals surface area contributed by atoms with Crippen molar-refractivity contribution in [2.45, 2.75) is 6.61 Å². The average Bonchev–Trinajstić information content (AvgIpc) is 2.53. The maximum Gasteiger partial charge on any atom is 0.340 e. The zero-order valence-electron chi connectivity index (χ0n) is 11.3. The van der Waals surface area contributed by atoms with E-state index < -0.39 is 5.97 Å². The number of hydrogen-bond donors (Lipinski definition) is 1. The van der Waals surface area contributed by atoms with Crippen molar-refractivity contribution in [1.29, 1.82) is 0 Å². The summed E-state index contributed by atoms with van der Waals surface area (Å²) in [5.74, 6) is -0.583. The predicted molar refractivity (Wildman–Crippen MR) is 81.7 cm³/mol. The first-order valence-corrected chi connectivity index (χ1v) is 6.67. The molecule has 21 heavy (non-hydrogen) atoms. The van der Waals surface area contributed by atoms with Crippen molar-refractivity contribution < 1.29 is 14.6 Å². The van der Waals surface area contributed by atoms with E-state index in [1.165, 1.54) is 0 Å². The molecule has 0 bridgehead atoms. The summed E-state index contributed by atoms with van der Waals surface area (Å²) in [6.07, 6.45) is 0. The van der Waals surface area contributed by atoms with Gasteiger partial charge >= 0.3 is 5.97 Å². The fourth-order valence-electron chi connectivity index (χ4n) is 2.33. The first kappa shape index (κ1) is 13.2. The van der Waals surface area contributed by atoms with Crippen molar-refractivity contribution >= 4 is 16.7 Å². The van der Waals surface area contributed by atoms with Gasteiger partial charge in [0.15, 0.2) is 0 Å². The van der Waals surface area contributed by atoms with Crippen molar-refractivity contribution in [3.8, 4) is 5.75 Å². The first-order chi connectivity index (χ1) is 10.3. The van der Waals surface area contributed by atoms with Gasteiger partial charge in [-0.05, 0) is 22.4 Å². The van der Waals surface area contributed by atoms with Gasteiger partial charge in [-0.15, -0.1) is 0 Å². The molecule has 0 aromatic heterocycles. The molecule has 0 saturated carbocycles. The number of carbonyl (C=O) groups is 1. The Balaban J connectivity index is 1.98. The quantitative estimate of drug-likeness (QED) is 0.781. The van der Waals surface area contributed by atoms with E-state index in [1.54, 1.807) is 12.1 Å². The number of carboxylic acids is 1. The number of hydrogen-bond acceptors (Lipinski definition) is 2. The highest BCUT2D eigenvalue weighted by Gasteiger charge is 2.15. The molecule has 3 heteroatoms. The molecule has 0 saturated heterocycles. The Hall–Kier alpha value is -2.81. The van der Waals surface area contributed by atoms with Gasteiger partial charge < -0.3 is 9.84 Å². The third kappa shape index (κ3) is 2.72. The van der Waals surface area contributed by atoms with Gasteiger partial charge in [0, 0.05) is 0 Å². The van der Waals surface area contributed by atoms with E-state index >= 15 is 0 Å². The molecule has 0 unspecified atom stereocenters. The molecule has 0 heterocycles. The standard InChI is InChI=1S/C18H14O3/c19-18(20)17-15-9-5-4-8-14(15)10-11-16(17)21-12-13-6-2-1-3-7-13/h1-11H,12H2,(H,19,20). The summed E-state index contributed by atoms with van der Waals surface area (Å²) in [5, 5.41) is 11.1. The minimum atomic E-state index is -0.977. The Labute approximate surface area is 122 Å². The molecule has 0 aliphatic carbocycles. The van der Waals surface area contributed by atoms with Gasteiger partial charge in [0.05, 0.1) is 0 Å². The highest BCUT2D eigenvalue weighted by atomic mass is 16.5. The van der Waals surface area contributed by atoms with Crippen molar-refractivity contribution in [2.75, 3.05) is 0 Å². The Morgan fingerprint density at radius 3 is 2.38 bits per heavy atom. The molecule has 0 amide bonds. The fourth-order valence-corrected chi connectivity index (χ4v) is 2.33. The number of rotatable bonds is 4. The molecule has 3 nitrogen and oxygen atoms in total. The van der Waals surface area contributed by atoms with E-state index in [1.807, 2.05) is 54.6 Å². The monoisotopic (exact) mass is 278 g/mol. The van der Waals surface area contributed by atoms with Gasteiger partial charge in [-0.1, -0.05) is 60.7 Å². The van der Waals surface area contributed by atoms with E-state index in [-0.39, 0.29) is 5.56 Å². The second kappa shape index (κ2) is 5.67. The predicted octanol–water partition coefficient (Wildman–Crippen LogP) is 4.12. The number of ether oxygens (including phenoxy) is 1. The minimum Gasteiger partial charge on any atom is -0.488 e. The Bertz CT molecular complexity index is 779. The van der Waals surface area contributed by atoms with Crippen molar-refractivity contribution in [1.82, 2.24) is 0 Å². The zero-order chi connectivity index (χ0) is 14.7. The minimum absolute atomic E-state index is 0.212. The molecular formula is C18H14O3. The third-order valence-corrected chi connectivity index (χ3v) is 3.34. The molecule has 3 rings (SSSR count). The summed E-state index contributed by atoms with van der Waals surface area (Å²) >= 11 is 0. The molecule has 1 N–H and O–H groups in total. The van der Waals surface area contributed by atoms with Gasteiger partial charge in [-0.3, -0.25) is 0 Å². The summed E-state index contributed by atoms with van der Waals surface area (Å²) in [7, 11) is 0. The van der Waals surface area contributed by atoms with Crippen LogP contribution in [0.1, 0.15) is 15.9 Å². The summed E-state index contributed by atoms with van der Waals surface area (Å²) in [4.78, 5) is 11.6. The molecule has 3 aromatic rings. The van der Waals surface area contributed by atoms with E-state index in [0.717, 1.165) is 10.9 Å². The third-order valence-electron chi connectivity index (χ3n) is 3.34. The molecule has 0 fully saturated rings. The summed E-state index contributed by atoms with van der Waals surface area (Å²) in [5.41, 5.74) is 1.21. The van der Waals surface area contributed by atoms with Gasteiger partial charge in [-0.2, -0.15) is 0 Å². The molecule has 0 spiro atoms. The van der Waals surface area contributed by atoms with E-state index in [0.29, 0.717) is 17.7 Å². The van der Waals surface area contributed by atoms with E-state index in [9.17, 15) is 9.90 Å². The molecule has 3 aromatic carbocycles. The lowest BCUT2D eigenvalue weighted by atomic mass is 10.0. The van der Waals surface area contributed by atoms with Crippen molar-refractivity contribution in [3.63, 3.8) is 0 Å². The Morgan fingerprint density at radius 1 is 0.905 bits per heavy atom. The topological polar surface area (TPSA) is 46.5 Å². The lowest BCUT2D eigenvalue weighted by Gasteiger charge is -2.11. The van der Waals surface area contributed by atoms with Crippen LogP contribution < -0.4 is 4.74 Å². The molecule has 0 radical (unpaired) electrons. The van der Waals surface area contributed by atoms with Crippen LogP contribution in [0, 0.1) is 0 Å². The van der Waals surface area contributed by atoms with E-state index in [2.05, 4.69) is 0 Å². The van der Waals surface area contributed by atoms with E-state index in [4.69, 9.17) is 4.74 Å². The highest BCUT2D eigenvalue weighted by Crippen LogP contribution is 2.28. The Morgan fingerprint density at radius 2 is 1.62 bits per heavy atom. The van der Waals surface area contributed by atoms with Gasteiger partial charge in [0.25, 0.3) is 0 Å². The van der Waals surface area contributed by atoms with Crippen LogP contribution in [0.2, 0.25) is 0 Å². The summed E-state index contributed by atoms with van der Waals surface area (Å²) in [6.45, 7) is 0.347. The van der Waals surface area contributed by atoms with Gasteiger partial charge in [0.1, 0.15) is 17.9 Å². The van der Waals surface area contributed by atoms with Gasteiger partial charge in [0.2, 0.25) is 0 Å². The van der Waals surface area contributed by atoms with Crippen LogP contribution in [-0.4, -0.2) is 11.1 Å². The highest BCUT2D eigenvalue weighted by molar-refractivity contribution is 6.06. The van der Waals surface area contributed by atoms with Crippen molar-refractivity contribution in [2.24, 2.45) is 0 Å². The average molecular weight is 278 g/mol. The lowest BCUT2D eigenvalue weighted by molar-refractivity contribution is 0.0694. The summed E-state index contributed by atoms with van der Waals surface area (Å²) < 4.78 is 5.71. The molecule has 0 atom stereocenters. The molecular weight excluding hydrogens is 264 g/mol. The van der Waals surface area contributed by atoms with Crippen LogP contribution >= 0.6 is 0 Å². The van der Waals surface area contributed by atoms with Crippen LogP contribution in [0.3, 0.4) is 0 Å². The number of aromatic carboxylic acids is 1. The van der Waals surface area contributed by atoms with Crippen LogP contribution in [0.4, 0.5) is 0 Å². The largest absolute Gasteiger partial charge is 0.488 e. The summed E-state index contributed by atoms with van der Waals surface area (Å²) in [6, 6.07) is 20.7. The van der Waals surface area contributed by atoms with Gasteiger partial charge in [-0.25, -0.2) is 4.79 Å². The van der Waals surface area contributed by atoms with Crippen LogP contribution in [-0.2, 0) is 6.61 Å². The number of carboxylic acid groups (broad SMARTS) is 1. The Kier molecular flexibility index (Phi) is 3.56. The van der Waals surface area contributed by atoms with Crippen LogP contribution in [0.25, 0.3) is 10.8 Å². The lowest BCUT2D eigenvalue weighted by Crippen LogP contribution is -2.04. The second-order valence-electron chi connectivity index (χ2n) is 4.74. The zero-order valence-corrected chi connectivity index (χ0v) is 11.3.